The minimum Gasteiger partial charge on any atom is -0.496 e. The fourth-order valence-corrected chi connectivity index (χ4v) is 5.22. The van der Waals surface area contributed by atoms with Gasteiger partial charge < -0.3 is 18.8 Å². The van der Waals surface area contributed by atoms with Gasteiger partial charge in [-0.3, -0.25) is 0 Å². The molecule has 0 saturated carbocycles. The Kier molecular flexibility index (Phi) is 9.50. The second-order valence-electron chi connectivity index (χ2n) is 9.65. The summed E-state index contributed by atoms with van der Waals surface area (Å²) in [5.41, 5.74) is 5.82. The van der Waals surface area contributed by atoms with Crippen LogP contribution in [0.2, 0.25) is 10.0 Å². The molecular formula is C35H30Cl2N2O4. The van der Waals surface area contributed by atoms with Crippen molar-refractivity contribution in [3.05, 3.63) is 124 Å². The molecule has 1 heterocycles. The summed E-state index contributed by atoms with van der Waals surface area (Å²) in [5, 5.41) is 1.14. The Labute approximate surface area is 261 Å². The van der Waals surface area contributed by atoms with Crippen molar-refractivity contribution >= 4 is 41.3 Å². The molecule has 0 atom stereocenters. The van der Waals surface area contributed by atoms with E-state index in [1.54, 1.807) is 25.3 Å². The third-order valence-corrected chi connectivity index (χ3v) is 7.55. The third-order valence-electron chi connectivity index (χ3n) is 7.00. The van der Waals surface area contributed by atoms with E-state index in [0.29, 0.717) is 21.4 Å². The van der Waals surface area contributed by atoms with Crippen molar-refractivity contribution in [2.24, 2.45) is 0 Å². The lowest BCUT2D eigenvalue weighted by Crippen LogP contribution is -2.07. The predicted molar refractivity (Wildman–Crippen MR) is 173 cm³/mol. The normalized spacial score (nSPS) is 11.1. The lowest BCUT2D eigenvalue weighted by atomic mass is 10.0. The molecule has 1 aromatic heterocycles. The molecule has 5 rings (SSSR count). The Morgan fingerprint density at radius 1 is 0.907 bits per heavy atom. The van der Waals surface area contributed by atoms with Gasteiger partial charge in [0.25, 0.3) is 0 Å². The standard InChI is InChI=1S/C35H30Cl2N2O4/c1-4-39-21-32(30-16-13-27(36)20-31(30)37)38-34(39)18-12-25-19-24(11-17-33(25)41-2)23-9-14-28(15-10-23)43-22-26-7-5-6-8-29(26)35(40)42-3/h5-21H,4,22H2,1-3H3. The summed E-state index contributed by atoms with van der Waals surface area (Å²) in [6.45, 7) is 3.07. The Hall–Kier alpha value is -4.52. The molecule has 0 N–H and O–H groups in total. The van der Waals surface area contributed by atoms with E-state index in [2.05, 4.69) is 17.6 Å². The molecule has 0 bridgehead atoms. The molecule has 6 nitrogen and oxygen atoms in total. The van der Waals surface area contributed by atoms with Crippen LogP contribution in [0.1, 0.15) is 34.2 Å². The molecule has 0 saturated heterocycles. The van der Waals surface area contributed by atoms with E-state index in [4.69, 9.17) is 42.4 Å². The molecule has 0 fully saturated rings. The average molecular weight is 614 g/mol. The number of hydrogen-bond acceptors (Lipinski definition) is 5. The van der Waals surface area contributed by atoms with E-state index in [1.165, 1.54) is 7.11 Å². The quantitative estimate of drug-likeness (QED) is 0.147. The van der Waals surface area contributed by atoms with Gasteiger partial charge in [-0.05, 0) is 78.7 Å². The maximum absolute atomic E-state index is 12.1. The van der Waals surface area contributed by atoms with Crippen molar-refractivity contribution in [1.82, 2.24) is 9.55 Å². The highest BCUT2D eigenvalue weighted by Gasteiger charge is 2.13. The predicted octanol–water partition coefficient (Wildman–Crippen LogP) is 9.09. The van der Waals surface area contributed by atoms with Crippen molar-refractivity contribution < 1.29 is 19.0 Å². The SMILES string of the molecule is CCn1cc(-c2ccc(Cl)cc2Cl)nc1C=Cc1cc(-c2ccc(OCc3ccccc3C(=O)OC)cc2)ccc1OC. The van der Waals surface area contributed by atoms with E-state index >= 15 is 0 Å². The van der Waals surface area contributed by atoms with Crippen molar-refractivity contribution in [2.75, 3.05) is 14.2 Å². The van der Waals surface area contributed by atoms with Crippen LogP contribution in [0.3, 0.4) is 0 Å². The number of hydrogen-bond donors (Lipinski definition) is 0. The molecule has 0 aliphatic carbocycles. The van der Waals surface area contributed by atoms with E-state index in [1.807, 2.05) is 79.0 Å². The number of carbonyl (C=O) groups excluding carboxylic acids is 1. The van der Waals surface area contributed by atoms with Crippen LogP contribution < -0.4 is 9.47 Å². The number of nitrogens with zero attached hydrogens (tertiary/aromatic N) is 2. The van der Waals surface area contributed by atoms with Crippen molar-refractivity contribution in [3.8, 4) is 33.9 Å². The van der Waals surface area contributed by atoms with Crippen LogP contribution in [-0.4, -0.2) is 29.7 Å². The number of imidazole rings is 1. The summed E-state index contributed by atoms with van der Waals surface area (Å²) in [4.78, 5) is 16.9. The van der Waals surface area contributed by atoms with Crippen LogP contribution in [0.15, 0.2) is 91.1 Å². The molecule has 0 radical (unpaired) electrons. The summed E-state index contributed by atoms with van der Waals surface area (Å²) < 4.78 is 18.6. The number of methoxy groups -OCH3 is 2. The first-order valence-electron chi connectivity index (χ1n) is 13.7. The van der Waals surface area contributed by atoms with Gasteiger partial charge >= 0.3 is 5.97 Å². The fraction of sp³-hybridized carbons (Fsp3) is 0.143. The molecule has 0 unspecified atom stereocenters. The molecule has 8 heteroatoms. The molecule has 0 aliphatic rings. The molecule has 4 aromatic carbocycles. The van der Waals surface area contributed by atoms with Crippen LogP contribution >= 0.6 is 23.2 Å². The number of rotatable bonds is 10. The molecule has 218 valence electrons. The summed E-state index contributed by atoms with van der Waals surface area (Å²) in [6, 6.07) is 26.5. The van der Waals surface area contributed by atoms with Gasteiger partial charge in [-0.25, -0.2) is 9.78 Å². The summed E-state index contributed by atoms with van der Waals surface area (Å²) in [5.74, 6) is 1.86. The van der Waals surface area contributed by atoms with Crippen LogP contribution in [0.5, 0.6) is 11.5 Å². The number of benzene rings is 4. The minimum atomic E-state index is -0.385. The van der Waals surface area contributed by atoms with Crippen LogP contribution in [0.25, 0.3) is 34.5 Å². The van der Waals surface area contributed by atoms with E-state index in [0.717, 1.165) is 51.6 Å². The second kappa shape index (κ2) is 13.6. The van der Waals surface area contributed by atoms with E-state index in [-0.39, 0.29) is 12.6 Å². The zero-order valence-corrected chi connectivity index (χ0v) is 25.5. The van der Waals surface area contributed by atoms with Crippen LogP contribution in [-0.2, 0) is 17.9 Å². The third kappa shape index (κ3) is 6.94. The first kappa shape index (κ1) is 30.0. The van der Waals surface area contributed by atoms with Gasteiger partial charge in [-0.1, -0.05) is 59.6 Å². The lowest BCUT2D eigenvalue weighted by Gasteiger charge is -2.11. The highest BCUT2D eigenvalue weighted by Crippen LogP contribution is 2.32. The number of carbonyl (C=O) groups is 1. The number of ether oxygens (including phenoxy) is 3. The number of halogens is 2. The molecule has 0 spiro atoms. The lowest BCUT2D eigenvalue weighted by molar-refractivity contribution is 0.0597. The van der Waals surface area contributed by atoms with Gasteiger partial charge in [-0.2, -0.15) is 0 Å². The van der Waals surface area contributed by atoms with Gasteiger partial charge in [0.2, 0.25) is 0 Å². The first-order valence-corrected chi connectivity index (χ1v) is 14.4. The Morgan fingerprint density at radius 3 is 2.40 bits per heavy atom. The van der Waals surface area contributed by atoms with Crippen molar-refractivity contribution in [2.45, 2.75) is 20.1 Å². The van der Waals surface area contributed by atoms with E-state index < -0.39 is 0 Å². The first-order chi connectivity index (χ1) is 20.9. The fourth-order valence-electron chi connectivity index (χ4n) is 4.71. The molecule has 0 amide bonds. The largest absolute Gasteiger partial charge is 0.496 e. The van der Waals surface area contributed by atoms with Gasteiger partial charge in [0, 0.05) is 34.5 Å². The minimum absolute atomic E-state index is 0.252. The summed E-state index contributed by atoms with van der Waals surface area (Å²) in [7, 11) is 3.03. The second-order valence-corrected chi connectivity index (χ2v) is 10.5. The zero-order chi connectivity index (χ0) is 30.3. The number of aromatic nitrogens is 2. The molecule has 43 heavy (non-hydrogen) atoms. The Balaban J connectivity index is 1.35. The smallest absolute Gasteiger partial charge is 0.338 e. The Bertz CT molecular complexity index is 1780. The van der Waals surface area contributed by atoms with Crippen molar-refractivity contribution in [3.63, 3.8) is 0 Å². The number of esters is 1. The Morgan fingerprint density at radius 2 is 1.67 bits per heavy atom. The maximum atomic E-state index is 12.1. The summed E-state index contributed by atoms with van der Waals surface area (Å²) in [6.07, 6.45) is 5.96. The molecule has 0 aliphatic heterocycles. The zero-order valence-electron chi connectivity index (χ0n) is 24.0. The topological polar surface area (TPSA) is 62.6 Å². The van der Waals surface area contributed by atoms with Gasteiger partial charge in [0.15, 0.2) is 0 Å². The van der Waals surface area contributed by atoms with Crippen molar-refractivity contribution in [1.29, 1.82) is 0 Å². The summed E-state index contributed by atoms with van der Waals surface area (Å²) >= 11 is 12.5. The monoisotopic (exact) mass is 612 g/mol. The van der Waals surface area contributed by atoms with Gasteiger partial charge in [0.05, 0.1) is 30.5 Å². The average Bonchev–Trinajstić information content (AvgIpc) is 3.45. The van der Waals surface area contributed by atoms with Gasteiger partial charge in [0.1, 0.15) is 23.9 Å². The van der Waals surface area contributed by atoms with Crippen LogP contribution in [0.4, 0.5) is 0 Å². The number of aryl methyl sites for hydroxylation is 1. The molecular weight excluding hydrogens is 583 g/mol. The highest BCUT2D eigenvalue weighted by molar-refractivity contribution is 6.36. The molecule has 5 aromatic rings. The maximum Gasteiger partial charge on any atom is 0.338 e. The van der Waals surface area contributed by atoms with Gasteiger partial charge in [-0.15, -0.1) is 0 Å². The van der Waals surface area contributed by atoms with E-state index in [9.17, 15) is 4.79 Å². The highest BCUT2D eigenvalue weighted by atomic mass is 35.5. The van der Waals surface area contributed by atoms with Crippen LogP contribution in [0, 0.1) is 0 Å².